The highest BCUT2D eigenvalue weighted by Gasteiger charge is 2.11. The maximum atomic E-state index is 13.0. The van der Waals surface area contributed by atoms with Gasteiger partial charge in [0.1, 0.15) is 5.82 Å². The van der Waals surface area contributed by atoms with Crippen molar-refractivity contribution in [1.29, 1.82) is 0 Å². The predicted octanol–water partition coefficient (Wildman–Crippen LogP) is 4.76. The van der Waals surface area contributed by atoms with Crippen LogP contribution in [0.15, 0.2) is 60.7 Å². The predicted molar refractivity (Wildman–Crippen MR) is 98.4 cm³/mol. The van der Waals surface area contributed by atoms with Gasteiger partial charge in [-0.15, -0.1) is 11.3 Å². The molecule has 2 aromatic carbocycles. The van der Waals surface area contributed by atoms with E-state index < -0.39 is 0 Å². The van der Waals surface area contributed by atoms with Crippen molar-refractivity contribution in [3.05, 3.63) is 71.4 Å². The quantitative estimate of drug-likeness (QED) is 0.709. The Morgan fingerprint density at radius 2 is 1.60 bits per heavy atom. The number of rotatable bonds is 4. The molecular formula is C19H15FN2O2S. The smallest absolute Gasteiger partial charge is 0.265 e. The van der Waals surface area contributed by atoms with Crippen LogP contribution in [-0.4, -0.2) is 11.8 Å². The van der Waals surface area contributed by atoms with Gasteiger partial charge in [-0.2, -0.15) is 0 Å². The standard InChI is InChI=1S/C19H15FN2O2S/c1-12(23)21-15-3-2-4-16(11-15)22-19(24)18-10-9-17(25-18)13-5-7-14(20)8-6-13/h2-11H,1H3,(H,21,23)(H,22,24). The fourth-order valence-electron chi connectivity index (χ4n) is 2.30. The molecule has 1 heterocycles. The summed E-state index contributed by atoms with van der Waals surface area (Å²) in [5.41, 5.74) is 2.06. The Balaban J connectivity index is 1.74. The van der Waals surface area contributed by atoms with Gasteiger partial charge >= 0.3 is 0 Å². The number of thiophene rings is 1. The lowest BCUT2D eigenvalue weighted by molar-refractivity contribution is -0.114. The van der Waals surface area contributed by atoms with Crippen LogP contribution < -0.4 is 10.6 Å². The summed E-state index contributed by atoms with van der Waals surface area (Å²) in [4.78, 5) is 24.9. The number of amides is 2. The third kappa shape index (κ3) is 4.30. The van der Waals surface area contributed by atoms with Crippen LogP contribution in [0, 0.1) is 5.82 Å². The van der Waals surface area contributed by atoms with E-state index in [9.17, 15) is 14.0 Å². The van der Waals surface area contributed by atoms with Crippen molar-refractivity contribution >= 4 is 34.5 Å². The van der Waals surface area contributed by atoms with E-state index in [0.717, 1.165) is 10.4 Å². The molecule has 0 saturated carbocycles. The van der Waals surface area contributed by atoms with Crippen LogP contribution in [0.2, 0.25) is 0 Å². The molecular weight excluding hydrogens is 339 g/mol. The molecule has 0 aliphatic carbocycles. The van der Waals surface area contributed by atoms with Gasteiger partial charge in [-0.1, -0.05) is 18.2 Å². The number of benzene rings is 2. The monoisotopic (exact) mass is 354 g/mol. The summed E-state index contributed by atoms with van der Waals surface area (Å²) in [6.45, 7) is 1.42. The second-order valence-electron chi connectivity index (χ2n) is 5.39. The Kier molecular flexibility index (Phi) is 4.90. The summed E-state index contributed by atoms with van der Waals surface area (Å²) >= 11 is 1.33. The molecule has 25 heavy (non-hydrogen) atoms. The molecule has 0 radical (unpaired) electrons. The van der Waals surface area contributed by atoms with E-state index in [1.807, 2.05) is 6.07 Å². The van der Waals surface area contributed by atoms with E-state index in [1.165, 1.54) is 30.4 Å². The van der Waals surface area contributed by atoms with Crippen molar-refractivity contribution in [2.45, 2.75) is 6.92 Å². The van der Waals surface area contributed by atoms with Crippen LogP contribution in [0.5, 0.6) is 0 Å². The number of hydrogen-bond acceptors (Lipinski definition) is 3. The molecule has 6 heteroatoms. The number of hydrogen-bond donors (Lipinski definition) is 2. The van der Waals surface area contributed by atoms with Gasteiger partial charge < -0.3 is 10.6 Å². The molecule has 0 atom stereocenters. The first-order chi connectivity index (χ1) is 12.0. The SMILES string of the molecule is CC(=O)Nc1cccc(NC(=O)c2ccc(-c3ccc(F)cc3)s2)c1. The van der Waals surface area contributed by atoms with Gasteiger partial charge in [0.2, 0.25) is 5.91 Å². The maximum absolute atomic E-state index is 13.0. The van der Waals surface area contributed by atoms with E-state index in [0.29, 0.717) is 16.3 Å². The average Bonchev–Trinajstić information content (AvgIpc) is 3.05. The molecule has 2 N–H and O–H groups in total. The van der Waals surface area contributed by atoms with Gasteiger partial charge in [0.15, 0.2) is 0 Å². The van der Waals surface area contributed by atoms with Crippen molar-refractivity contribution in [2.75, 3.05) is 10.6 Å². The Bertz CT molecular complexity index is 919. The topological polar surface area (TPSA) is 58.2 Å². The molecule has 0 bridgehead atoms. The van der Waals surface area contributed by atoms with Crippen LogP contribution in [0.25, 0.3) is 10.4 Å². The van der Waals surface area contributed by atoms with Crippen LogP contribution in [-0.2, 0) is 4.79 Å². The highest BCUT2D eigenvalue weighted by Crippen LogP contribution is 2.29. The maximum Gasteiger partial charge on any atom is 0.265 e. The summed E-state index contributed by atoms with van der Waals surface area (Å²) in [6, 6.07) is 16.6. The lowest BCUT2D eigenvalue weighted by atomic mass is 10.2. The molecule has 0 unspecified atom stereocenters. The third-order valence-corrected chi connectivity index (χ3v) is 4.53. The Labute approximate surface area is 148 Å². The van der Waals surface area contributed by atoms with Crippen molar-refractivity contribution < 1.29 is 14.0 Å². The van der Waals surface area contributed by atoms with E-state index in [-0.39, 0.29) is 17.6 Å². The first-order valence-corrected chi connectivity index (χ1v) is 8.38. The first kappa shape index (κ1) is 16.9. The van der Waals surface area contributed by atoms with Gasteiger partial charge in [-0.25, -0.2) is 4.39 Å². The average molecular weight is 354 g/mol. The summed E-state index contributed by atoms with van der Waals surface area (Å²) in [5.74, 6) is -0.707. The van der Waals surface area contributed by atoms with Crippen LogP contribution in [0.4, 0.5) is 15.8 Å². The van der Waals surface area contributed by atoms with Crippen LogP contribution in [0.1, 0.15) is 16.6 Å². The fraction of sp³-hybridized carbons (Fsp3) is 0.0526. The van der Waals surface area contributed by atoms with Crippen LogP contribution in [0.3, 0.4) is 0 Å². The summed E-state index contributed by atoms with van der Waals surface area (Å²) in [5, 5.41) is 5.48. The summed E-state index contributed by atoms with van der Waals surface area (Å²) in [7, 11) is 0. The Morgan fingerprint density at radius 1 is 0.920 bits per heavy atom. The third-order valence-electron chi connectivity index (χ3n) is 3.40. The van der Waals surface area contributed by atoms with Crippen molar-refractivity contribution in [1.82, 2.24) is 0 Å². The number of carbonyl (C=O) groups excluding carboxylic acids is 2. The normalized spacial score (nSPS) is 10.3. The number of carbonyl (C=O) groups is 2. The minimum absolute atomic E-state index is 0.175. The highest BCUT2D eigenvalue weighted by atomic mass is 32.1. The molecule has 0 aliphatic rings. The fourth-order valence-corrected chi connectivity index (χ4v) is 3.21. The first-order valence-electron chi connectivity index (χ1n) is 7.56. The molecule has 2 amide bonds. The number of halogens is 1. The molecule has 0 spiro atoms. The molecule has 1 aromatic heterocycles. The lowest BCUT2D eigenvalue weighted by Crippen LogP contribution is -2.11. The molecule has 4 nitrogen and oxygen atoms in total. The Hall–Kier alpha value is -2.99. The minimum Gasteiger partial charge on any atom is -0.326 e. The molecule has 3 aromatic rings. The second-order valence-corrected chi connectivity index (χ2v) is 6.47. The van der Waals surface area contributed by atoms with Crippen LogP contribution >= 0.6 is 11.3 Å². The van der Waals surface area contributed by atoms with E-state index >= 15 is 0 Å². The minimum atomic E-state index is -0.294. The van der Waals surface area contributed by atoms with Gasteiger partial charge in [0.05, 0.1) is 4.88 Å². The van der Waals surface area contributed by atoms with Gasteiger partial charge in [0.25, 0.3) is 5.91 Å². The van der Waals surface area contributed by atoms with E-state index in [4.69, 9.17) is 0 Å². The van der Waals surface area contributed by atoms with Gasteiger partial charge in [0, 0.05) is 23.2 Å². The van der Waals surface area contributed by atoms with Gasteiger partial charge in [-0.3, -0.25) is 9.59 Å². The van der Waals surface area contributed by atoms with E-state index in [2.05, 4.69) is 10.6 Å². The zero-order valence-corrected chi connectivity index (χ0v) is 14.2. The van der Waals surface area contributed by atoms with Gasteiger partial charge in [-0.05, 0) is 48.0 Å². The summed E-state index contributed by atoms with van der Waals surface area (Å²) < 4.78 is 13.0. The zero-order valence-electron chi connectivity index (χ0n) is 13.4. The largest absolute Gasteiger partial charge is 0.326 e. The molecule has 0 fully saturated rings. The number of nitrogens with one attached hydrogen (secondary N) is 2. The van der Waals surface area contributed by atoms with Crippen molar-refractivity contribution in [2.24, 2.45) is 0 Å². The molecule has 0 saturated heterocycles. The summed E-state index contributed by atoms with van der Waals surface area (Å²) in [6.07, 6.45) is 0. The molecule has 3 rings (SSSR count). The highest BCUT2D eigenvalue weighted by molar-refractivity contribution is 7.17. The number of anilines is 2. The second kappa shape index (κ2) is 7.27. The molecule has 126 valence electrons. The van der Waals surface area contributed by atoms with Crippen molar-refractivity contribution in [3.8, 4) is 10.4 Å². The zero-order chi connectivity index (χ0) is 17.8. The lowest BCUT2D eigenvalue weighted by Gasteiger charge is -2.07. The van der Waals surface area contributed by atoms with E-state index in [1.54, 1.807) is 42.5 Å². The van der Waals surface area contributed by atoms with Crippen molar-refractivity contribution in [3.63, 3.8) is 0 Å². The molecule has 0 aliphatic heterocycles. The Morgan fingerprint density at radius 3 is 2.28 bits per heavy atom.